The number of benzene rings is 2. The number of amides is 3. The van der Waals surface area contributed by atoms with Gasteiger partial charge in [-0.15, -0.1) is 0 Å². The second-order valence-corrected chi connectivity index (χ2v) is 9.48. The monoisotopic (exact) mass is 493 g/mol. The number of hydrogen-bond donors (Lipinski definition) is 2. The molecule has 0 radical (unpaired) electrons. The maximum Gasteiger partial charge on any atom is 0.294 e. The first-order valence-electron chi connectivity index (χ1n) is 10.4. The van der Waals surface area contributed by atoms with Crippen molar-refractivity contribution in [3.8, 4) is 0 Å². The average molecular weight is 494 g/mol. The van der Waals surface area contributed by atoms with Gasteiger partial charge in [-0.05, 0) is 46.1 Å². The molecule has 1 heterocycles. The van der Waals surface area contributed by atoms with E-state index in [1.807, 2.05) is 6.92 Å². The molecule has 3 amide bonds. The van der Waals surface area contributed by atoms with Gasteiger partial charge in [-0.1, -0.05) is 35.9 Å². The Kier molecular flexibility index (Phi) is 9.02. The van der Waals surface area contributed by atoms with E-state index in [0.717, 1.165) is 10.5 Å². The summed E-state index contributed by atoms with van der Waals surface area (Å²) in [6.45, 7) is 3.33. The van der Waals surface area contributed by atoms with Crippen LogP contribution >= 0.6 is 0 Å². The quantitative estimate of drug-likeness (QED) is 0.464. The summed E-state index contributed by atoms with van der Waals surface area (Å²) in [7, 11) is -0.598. The first kappa shape index (κ1) is 27.1. The Balaban J connectivity index is 0.000000310. The lowest BCUT2D eigenvalue weighted by Gasteiger charge is -2.23. The van der Waals surface area contributed by atoms with Gasteiger partial charge in [0.05, 0.1) is 17.4 Å². The van der Waals surface area contributed by atoms with Crippen LogP contribution in [0, 0.1) is 12.7 Å². The molecular weight excluding hydrogens is 465 g/mol. The Labute approximate surface area is 198 Å². The first-order valence-corrected chi connectivity index (χ1v) is 11.8. The minimum Gasteiger partial charge on any atom is -0.350 e. The molecule has 2 aromatic carbocycles. The van der Waals surface area contributed by atoms with Crippen LogP contribution < -0.4 is 5.32 Å². The predicted octanol–water partition coefficient (Wildman–Crippen LogP) is 1.76. The second kappa shape index (κ2) is 11.3. The van der Waals surface area contributed by atoms with Crippen LogP contribution in [-0.2, 0) is 31.0 Å². The lowest BCUT2D eigenvalue weighted by atomic mass is 10.2. The lowest BCUT2D eigenvalue weighted by Crippen LogP contribution is -2.49. The summed E-state index contributed by atoms with van der Waals surface area (Å²) in [5.74, 6) is -1.66. The Morgan fingerprint density at radius 1 is 1.18 bits per heavy atom. The molecule has 1 saturated heterocycles. The Hall–Kier alpha value is -3.15. The van der Waals surface area contributed by atoms with Gasteiger partial charge in [0.15, 0.2) is 0 Å². The van der Waals surface area contributed by atoms with Gasteiger partial charge in [0.2, 0.25) is 17.7 Å². The van der Waals surface area contributed by atoms with Crippen LogP contribution in [0.1, 0.15) is 24.5 Å². The zero-order valence-electron chi connectivity index (χ0n) is 19.4. The zero-order chi connectivity index (χ0) is 25.6. The number of nitrogens with zero attached hydrogens (tertiary/aromatic N) is 2. The maximum atomic E-state index is 13.5. The van der Waals surface area contributed by atoms with Gasteiger partial charge in [-0.3, -0.25) is 28.7 Å². The van der Waals surface area contributed by atoms with Gasteiger partial charge in [-0.2, -0.15) is 8.42 Å². The van der Waals surface area contributed by atoms with Gasteiger partial charge in [0.25, 0.3) is 10.1 Å². The van der Waals surface area contributed by atoms with E-state index in [1.54, 1.807) is 49.3 Å². The summed E-state index contributed by atoms with van der Waals surface area (Å²) in [4.78, 5) is 39.0. The van der Waals surface area contributed by atoms with Crippen LogP contribution in [0.15, 0.2) is 53.4 Å². The molecule has 11 heteroatoms. The van der Waals surface area contributed by atoms with Gasteiger partial charge >= 0.3 is 0 Å². The number of hydrogen-bond acceptors (Lipinski definition) is 6. The van der Waals surface area contributed by atoms with E-state index in [1.165, 1.54) is 25.1 Å². The van der Waals surface area contributed by atoms with E-state index in [-0.39, 0.29) is 29.7 Å². The Bertz CT molecular complexity index is 1150. The summed E-state index contributed by atoms with van der Waals surface area (Å²) < 4.78 is 43.1. The molecule has 2 N–H and O–H groups in total. The van der Waals surface area contributed by atoms with Gasteiger partial charge in [0, 0.05) is 12.1 Å². The fraction of sp³-hybridized carbons (Fsp3) is 0.348. The summed E-state index contributed by atoms with van der Waals surface area (Å²) >= 11 is 0. The van der Waals surface area contributed by atoms with Crippen molar-refractivity contribution in [3.05, 3.63) is 65.5 Å². The first-order chi connectivity index (χ1) is 15.8. The maximum absolute atomic E-state index is 13.5. The molecule has 9 nitrogen and oxygen atoms in total. The molecule has 0 aliphatic carbocycles. The van der Waals surface area contributed by atoms with Crippen molar-refractivity contribution in [2.24, 2.45) is 0 Å². The molecule has 3 rings (SSSR count). The van der Waals surface area contributed by atoms with E-state index in [0.29, 0.717) is 5.56 Å². The Morgan fingerprint density at radius 3 is 2.26 bits per heavy atom. The Morgan fingerprint density at radius 2 is 1.76 bits per heavy atom. The largest absolute Gasteiger partial charge is 0.350 e. The molecule has 1 unspecified atom stereocenters. The van der Waals surface area contributed by atoms with E-state index in [4.69, 9.17) is 4.55 Å². The third-order valence-electron chi connectivity index (χ3n) is 5.28. The molecule has 1 aliphatic heterocycles. The fourth-order valence-corrected chi connectivity index (χ4v) is 3.72. The topological polar surface area (TPSA) is 124 Å². The molecule has 2 atom stereocenters. The van der Waals surface area contributed by atoms with Crippen molar-refractivity contribution >= 4 is 27.8 Å². The van der Waals surface area contributed by atoms with Crippen molar-refractivity contribution in [1.82, 2.24) is 15.1 Å². The molecular formula is C23H28FN3O6S. The molecule has 0 saturated carbocycles. The van der Waals surface area contributed by atoms with Crippen LogP contribution in [0.5, 0.6) is 0 Å². The number of likely N-dealkylation sites (tertiary alicyclic amines) is 1. The van der Waals surface area contributed by atoms with E-state index in [2.05, 4.69) is 5.32 Å². The minimum atomic E-state index is -4.02. The average Bonchev–Trinajstić information content (AvgIpc) is 3.06. The van der Waals surface area contributed by atoms with E-state index in [9.17, 15) is 27.2 Å². The zero-order valence-corrected chi connectivity index (χ0v) is 20.2. The summed E-state index contributed by atoms with van der Waals surface area (Å²) in [5, 5.41) is 2.56. The highest BCUT2D eigenvalue weighted by Crippen LogP contribution is 2.19. The van der Waals surface area contributed by atoms with Gasteiger partial charge < -0.3 is 5.32 Å². The number of imide groups is 1. The van der Waals surface area contributed by atoms with Crippen LogP contribution in [0.3, 0.4) is 0 Å². The summed E-state index contributed by atoms with van der Waals surface area (Å²) in [6.07, 6.45) is 0.0662. The highest BCUT2D eigenvalue weighted by Gasteiger charge is 2.43. The van der Waals surface area contributed by atoms with Gasteiger partial charge in [-0.25, -0.2) is 4.39 Å². The molecule has 0 bridgehead atoms. The molecule has 0 aromatic heterocycles. The number of halogens is 1. The molecule has 2 aromatic rings. The number of likely N-dealkylation sites (N-methyl/N-ethyl adjacent to an activating group) is 1. The number of carbonyl (C=O) groups excluding carboxylic acids is 3. The number of nitrogens with one attached hydrogen (secondary N) is 1. The molecule has 0 spiro atoms. The fourth-order valence-electron chi connectivity index (χ4n) is 3.24. The van der Waals surface area contributed by atoms with Crippen molar-refractivity contribution < 1.29 is 31.7 Å². The number of rotatable bonds is 6. The third kappa shape index (κ3) is 6.92. The molecule has 1 aliphatic rings. The lowest BCUT2D eigenvalue weighted by molar-refractivity contribution is -0.147. The third-order valence-corrected chi connectivity index (χ3v) is 6.15. The molecule has 1 fully saturated rings. The number of aryl methyl sites for hydroxylation is 1. The minimum absolute atomic E-state index is 0.00315. The van der Waals surface area contributed by atoms with Crippen LogP contribution in [0.2, 0.25) is 0 Å². The summed E-state index contributed by atoms with van der Waals surface area (Å²) in [5.41, 5.74) is 1.30. The second-order valence-electron chi connectivity index (χ2n) is 8.06. The molecule has 184 valence electrons. The highest BCUT2D eigenvalue weighted by atomic mass is 32.2. The predicted molar refractivity (Wildman–Crippen MR) is 123 cm³/mol. The van der Waals surface area contributed by atoms with Crippen molar-refractivity contribution in [1.29, 1.82) is 0 Å². The van der Waals surface area contributed by atoms with E-state index < -0.39 is 33.9 Å². The van der Waals surface area contributed by atoms with Gasteiger partial charge in [0.1, 0.15) is 11.9 Å². The molecule has 34 heavy (non-hydrogen) atoms. The highest BCUT2D eigenvalue weighted by molar-refractivity contribution is 7.85. The van der Waals surface area contributed by atoms with Crippen LogP contribution in [0.4, 0.5) is 4.39 Å². The van der Waals surface area contributed by atoms with Crippen molar-refractivity contribution in [3.63, 3.8) is 0 Å². The van der Waals surface area contributed by atoms with Crippen molar-refractivity contribution in [2.75, 3.05) is 14.1 Å². The van der Waals surface area contributed by atoms with Crippen molar-refractivity contribution in [2.45, 2.75) is 43.8 Å². The smallest absolute Gasteiger partial charge is 0.294 e. The van der Waals surface area contributed by atoms with E-state index >= 15 is 0 Å². The number of carbonyl (C=O) groups is 3. The SMILES string of the molecule is C[C@@H](C(=O)NCc1ccccc1F)N1C(=O)CC(N(C)C)C1=O.Cc1ccc(S(=O)(=O)O)cc1. The normalized spacial score (nSPS) is 16.8. The van der Waals surface area contributed by atoms with Crippen LogP contribution in [-0.4, -0.2) is 66.7 Å². The standard InChI is InChI=1S/C16H20FN3O3.C7H8O3S/c1-10(20-14(21)8-13(16(20)23)19(2)3)15(22)18-9-11-6-4-5-7-12(11)17;1-6-2-4-7(5-3-6)11(8,9)10/h4-7,10,13H,8-9H2,1-3H3,(H,18,22);2-5H,1H3,(H,8,9,10)/t10-,13?;/m0./s1. The summed E-state index contributed by atoms with van der Waals surface area (Å²) in [6, 6.07) is 10.6. The van der Waals surface area contributed by atoms with Crippen LogP contribution in [0.25, 0.3) is 0 Å².